The second-order valence-corrected chi connectivity index (χ2v) is 11.3. The number of nitrogens with zero attached hydrogens (tertiary/aromatic N) is 2. The van der Waals surface area contributed by atoms with Gasteiger partial charge in [-0.15, -0.1) is 0 Å². The third kappa shape index (κ3) is 4.67. The molecule has 2 atom stereocenters. The van der Waals surface area contributed by atoms with E-state index in [9.17, 15) is 14.7 Å². The lowest BCUT2D eigenvalue weighted by molar-refractivity contribution is -0.136. The maximum atomic E-state index is 14.1. The van der Waals surface area contributed by atoms with Gasteiger partial charge in [0.25, 0.3) is 5.91 Å². The first-order valence-corrected chi connectivity index (χ1v) is 14.4. The molecule has 212 valence electrons. The van der Waals surface area contributed by atoms with Crippen molar-refractivity contribution in [2.75, 3.05) is 40.5 Å². The van der Waals surface area contributed by atoms with E-state index in [1.807, 2.05) is 24.3 Å². The number of ether oxygens (including phenoxy) is 3. The number of esters is 1. The smallest absolute Gasteiger partial charge is 0.337 e. The number of aliphatic hydroxyl groups is 1. The van der Waals surface area contributed by atoms with E-state index < -0.39 is 0 Å². The molecular weight excluding hydrogens is 508 g/mol. The largest absolute Gasteiger partial charge is 0.496 e. The molecule has 3 heterocycles. The van der Waals surface area contributed by atoms with Crippen LogP contribution in [-0.4, -0.2) is 73.1 Å². The highest BCUT2D eigenvalue weighted by Gasteiger charge is 2.37. The number of allylic oxidation sites excluding steroid dienone is 4. The van der Waals surface area contributed by atoms with Crippen molar-refractivity contribution in [3.05, 3.63) is 70.2 Å². The Labute approximate surface area is 234 Å². The molecule has 0 radical (unpaired) electrons. The summed E-state index contributed by atoms with van der Waals surface area (Å²) in [6, 6.07) is 5.87. The molecule has 4 aliphatic rings. The monoisotopic (exact) mass is 546 g/mol. The van der Waals surface area contributed by atoms with Crippen molar-refractivity contribution < 1.29 is 28.9 Å². The highest BCUT2D eigenvalue weighted by atomic mass is 16.5. The number of carbonyl (C=O) groups excluding carboxylic acids is 2. The van der Waals surface area contributed by atoms with Crippen LogP contribution in [0.1, 0.15) is 72.0 Å². The van der Waals surface area contributed by atoms with Crippen LogP contribution < -0.4 is 0 Å². The van der Waals surface area contributed by atoms with Gasteiger partial charge in [0.05, 0.1) is 45.6 Å². The molecule has 2 aliphatic carbocycles. The van der Waals surface area contributed by atoms with Gasteiger partial charge in [-0.3, -0.25) is 4.79 Å². The number of carbonyl (C=O) groups is 2. The van der Waals surface area contributed by atoms with E-state index in [0.717, 1.165) is 41.5 Å². The maximum absolute atomic E-state index is 14.1. The van der Waals surface area contributed by atoms with Gasteiger partial charge >= 0.3 is 5.97 Å². The number of methoxy groups -OCH3 is 2. The highest BCUT2D eigenvalue weighted by molar-refractivity contribution is 5.98. The molecule has 1 saturated carbocycles. The number of benzene rings is 1. The molecule has 0 spiro atoms. The summed E-state index contributed by atoms with van der Waals surface area (Å²) >= 11 is 0. The minimum atomic E-state index is -0.383. The average molecular weight is 547 g/mol. The molecular formula is C32H38N2O6. The number of aliphatic hydroxyl groups excluding tert-OH is 1. The standard InChI is InChI=1S/C32H38N2O6/c1-38-28-10-6-9-24-26(28)15-22(31(36)33-13-14-40-23(18-33)19-35)17-34-27-16-21(32(37)39-2)11-12-25(27)29(30(24)34)20-7-4-3-5-8-20/h6,10-12,15-16,20,23-24,35H,3-5,7-9,13-14,17-19H2,1-2H3. The van der Waals surface area contributed by atoms with Gasteiger partial charge in [-0.05, 0) is 55.0 Å². The minimum absolute atomic E-state index is 0.0334. The lowest BCUT2D eigenvalue weighted by Crippen LogP contribution is -2.47. The normalized spacial score (nSPS) is 23.4. The fourth-order valence-electron chi connectivity index (χ4n) is 7.08. The summed E-state index contributed by atoms with van der Waals surface area (Å²) in [5.41, 5.74) is 5.73. The van der Waals surface area contributed by atoms with E-state index in [1.54, 1.807) is 12.0 Å². The van der Waals surface area contributed by atoms with Crippen molar-refractivity contribution in [1.82, 2.24) is 9.47 Å². The van der Waals surface area contributed by atoms with Gasteiger partial charge in [0.15, 0.2) is 0 Å². The van der Waals surface area contributed by atoms with Gasteiger partial charge < -0.3 is 28.8 Å². The number of morpholine rings is 1. The van der Waals surface area contributed by atoms with Gasteiger partial charge in [0.1, 0.15) is 5.76 Å². The van der Waals surface area contributed by atoms with Gasteiger partial charge in [-0.1, -0.05) is 31.4 Å². The fourth-order valence-corrected chi connectivity index (χ4v) is 7.08. The molecule has 1 aromatic heterocycles. The van der Waals surface area contributed by atoms with E-state index in [2.05, 4.69) is 16.7 Å². The van der Waals surface area contributed by atoms with Crippen LogP contribution in [0.15, 0.2) is 53.3 Å². The number of rotatable bonds is 5. The Morgan fingerprint density at radius 3 is 2.73 bits per heavy atom. The van der Waals surface area contributed by atoms with E-state index >= 15 is 0 Å². The Morgan fingerprint density at radius 2 is 1.98 bits per heavy atom. The molecule has 8 nitrogen and oxygen atoms in total. The lowest BCUT2D eigenvalue weighted by atomic mass is 9.78. The first kappa shape index (κ1) is 26.8. The van der Waals surface area contributed by atoms with E-state index in [4.69, 9.17) is 14.2 Å². The molecule has 1 saturated heterocycles. The summed E-state index contributed by atoms with van der Waals surface area (Å²) < 4.78 is 18.8. The number of amides is 1. The van der Waals surface area contributed by atoms with Gasteiger partial charge in [-0.2, -0.15) is 0 Å². The Bertz CT molecular complexity index is 1410. The molecule has 2 aromatic rings. The average Bonchev–Trinajstić information content (AvgIpc) is 3.22. The van der Waals surface area contributed by atoms with Crippen LogP contribution in [-0.2, 0) is 25.5 Å². The topological polar surface area (TPSA) is 90.2 Å². The molecule has 40 heavy (non-hydrogen) atoms. The van der Waals surface area contributed by atoms with Crippen molar-refractivity contribution in [2.45, 2.75) is 63.0 Å². The van der Waals surface area contributed by atoms with Crippen LogP contribution in [0.3, 0.4) is 0 Å². The Morgan fingerprint density at radius 1 is 1.15 bits per heavy atom. The minimum Gasteiger partial charge on any atom is -0.496 e. The van der Waals surface area contributed by atoms with Crippen LogP contribution in [0.4, 0.5) is 0 Å². The molecule has 1 amide bonds. The van der Waals surface area contributed by atoms with E-state index in [0.29, 0.717) is 43.3 Å². The van der Waals surface area contributed by atoms with Crippen molar-refractivity contribution >= 4 is 22.8 Å². The predicted molar refractivity (Wildman–Crippen MR) is 151 cm³/mol. The summed E-state index contributed by atoms with van der Waals surface area (Å²) in [4.78, 5) is 28.4. The van der Waals surface area contributed by atoms with Crippen LogP contribution in [0.5, 0.6) is 0 Å². The third-order valence-corrected chi connectivity index (χ3v) is 8.99. The van der Waals surface area contributed by atoms with Gasteiger partial charge in [-0.25, -0.2) is 4.79 Å². The summed E-state index contributed by atoms with van der Waals surface area (Å²) in [5.74, 6) is 0.808. The molecule has 0 bridgehead atoms. The zero-order valence-corrected chi connectivity index (χ0v) is 23.4. The second-order valence-electron chi connectivity index (χ2n) is 11.3. The molecule has 8 heteroatoms. The fraction of sp³-hybridized carbons (Fsp3) is 0.500. The van der Waals surface area contributed by atoms with Gasteiger partial charge in [0.2, 0.25) is 0 Å². The van der Waals surface area contributed by atoms with Gasteiger partial charge in [0, 0.05) is 46.8 Å². The molecule has 1 N–H and O–H groups in total. The van der Waals surface area contributed by atoms with Crippen molar-refractivity contribution in [2.24, 2.45) is 0 Å². The number of aromatic nitrogens is 1. The molecule has 6 rings (SSSR count). The number of fused-ring (bicyclic) bond motifs is 5. The van der Waals surface area contributed by atoms with Crippen LogP contribution >= 0.6 is 0 Å². The maximum Gasteiger partial charge on any atom is 0.337 e. The van der Waals surface area contributed by atoms with Crippen molar-refractivity contribution in [1.29, 1.82) is 0 Å². The Balaban J connectivity index is 1.56. The third-order valence-electron chi connectivity index (χ3n) is 8.99. The molecule has 2 fully saturated rings. The number of hydrogen-bond donors (Lipinski definition) is 1. The van der Waals surface area contributed by atoms with Crippen LogP contribution in [0.25, 0.3) is 10.9 Å². The molecule has 2 unspecified atom stereocenters. The zero-order chi connectivity index (χ0) is 27.8. The Hall–Kier alpha value is -3.36. The predicted octanol–water partition coefficient (Wildman–Crippen LogP) is 4.58. The second kappa shape index (κ2) is 11.3. The van der Waals surface area contributed by atoms with E-state index in [1.165, 1.54) is 37.6 Å². The summed E-state index contributed by atoms with van der Waals surface area (Å²) in [6.07, 6.45) is 12.6. The Kier molecular flexibility index (Phi) is 7.55. The van der Waals surface area contributed by atoms with Crippen molar-refractivity contribution in [3.63, 3.8) is 0 Å². The van der Waals surface area contributed by atoms with E-state index in [-0.39, 0.29) is 30.5 Å². The first-order valence-electron chi connectivity index (χ1n) is 14.4. The highest BCUT2D eigenvalue weighted by Crippen LogP contribution is 2.48. The van der Waals surface area contributed by atoms with Crippen LogP contribution in [0.2, 0.25) is 0 Å². The first-order chi connectivity index (χ1) is 19.5. The SMILES string of the molecule is COC(=O)c1ccc2c(C3CCCCC3)c3n(c2c1)CC(C(=O)N1CCOC(CO)C1)=CC1=C(OC)C=CCC13. The quantitative estimate of drug-likeness (QED) is 0.553. The summed E-state index contributed by atoms with van der Waals surface area (Å²) in [6.45, 7) is 1.49. The van der Waals surface area contributed by atoms with Crippen molar-refractivity contribution in [3.8, 4) is 0 Å². The zero-order valence-electron chi connectivity index (χ0n) is 23.4. The molecule has 2 aliphatic heterocycles. The summed E-state index contributed by atoms with van der Waals surface area (Å²) in [5, 5.41) is 10.8. The number of hydrogen-bond acceptors (Lipinski definition) is 6. The lowest BCUT2D eigenvalue weighted by Gasteiger charge is -2.32. The summed E-state index contributed by atoms with van der Waals surface area (Å²) in [7, 11) is 3.08. The molecule has 1 aromatic carbocycles. The van der Waals surface area contributed by atoms with Crippen LogP contribution in [0, 0.1) is 0 Å².